The molecule has 2 atom stereocenters. The summed E-state index contributed by atoms with van der Waals surface area (Å²) in [5, 5.41) is 0. The summed E-state index contributed by atoms with van der Waals surface area (Å²) < 4.78 is 31.6. The van der Waals surface area contributed by atoms with Crippen LogP contribution in [0.25, 0.3) is 6.08 Å². The van der Waals surface area contributed by atoms with E-state index in [9.17, 15) is 4.79 Å². The van der Waals surface area contributed by atoms with Gasteiger partial charge in [0, 0.05) is 5.41 Å². The number of benzene rings is 1. The molecule has 0 spiro atoms. The van der Waals surface area contributed by atoms with Crippen LogP contribution < -0.4 is 0 Å². The summed E-state index contributed by atoms with van der Waals surface area (Å²) in [7, 11) is -4.67. The molecule has 6 heteroatoms. The molecule has 1 aromatic carbocycles. The van der Waals surface area contributed by atoms with Crippen LogP contribution in [0.5, 0.6) is 0 Å². The molecule has 2 aliphatic rings. The molecule has 2 bridgehead atoms. The molecule has 0 radical (unpaired) electrons. The number of carbonyl (C=O) groups excluding carboxylic acids is 1. The number of carbonyl (C=O) groups is 1. The van der Waals surface area contributed by atoms with E-state index in [1.54, 1.807) is 0 Å². The third kappa shape index (κ3) is 3.39. The van der Waals surface area contributed by atoms with E-state index in [0.29, 0.717) is 11.7 Å². The number of ketones is 1. The number of fused-ring (bicyclic) bond motifs is 2. The molecule has 1 aromatic rings. The van der Waals surface area contributed by atoms with Crippen molar-refractivity contribution in [3.63, 3.8) is 0 Å². The number of hydrogen-bond acceptors (Lipinski definition) is 3. The summed E-state index contributed by atoms with van der Waals surface area (Å²) in [4.78, 5) is 12.6. The lowest BCUT2D eigenvalue weighted by Crippen LogP contribution is -2.32. The zero-order valence-corrected chi connectivity index (χ0v) is 14.3. The van der Waals surface area contributed by atoms with E-state index in [0.717, 1.165) is 24.0 Å². The average molecular weight is 338 g/mol. The van der Waals surface area contributed by atoms with Gasteiger partial charge in [-0.25, -0.2) is 0 Å². The maximum atomic E-state index is 12.6. The van der Waals surface area contributed by atoms with Gasteiger partial charge < -0.3 is 0 Å². The summed E-state index contributed by atoms with van der Waals surface area (Å²) in [6.45, 7) is 6.67. The molecular formula is C17H22O5S. The van der Waals surface area contributed by atoms with Crippen molar-refractivity contribution in [2.45, 2.75) is 33.6 Å². The molecule has 0 heterocycles. The predicted octanol–water partition coefficient (Wildman–Crippen LogP) is 3.44. The van der Waals surface area contributed by atoms with Crippen LogP contribution >= 0.6 is 0 Å². The molecule has 2 fully saturated rings. The van der Waals surface area contributed by atoms with Crippen molar-refractivity contribution in [1.82, 2.24) is 0 Å². The van der Waals surface area contributed by atoms with E-state index in [-0.39, 0.29) is 10.8 Å². The normalized spacial score (nSPS) is 30.2. The summed E-state index contributed by atoms with van der Waals surface area (Å²) >= 11 is 0. The van der Waals surface area contributed by atoms with Gasteiger partial charge in [-0.1, -0.05) is 51.1 Å². The van der Waals surface area contributed by atoms with Gasteiger partial charge in [0.25, 0.3) is 0 Å². The Labute approximate surface area is 137 Å². The lowest BCUT2D eigenvalue weighted by molar-refractivity contribution is -0.125. The third-order valence-electron chi connectivity index (χ3n) is 5.49. The van der Waals surface area contributed by atoms with Crippen LogP contribution in [0.2, 0.25) is 0 Å². The SMILES string of the molecule is CC12CCC(C(=Cc3ccccc3)C1=O)C2(C)C.O=S(=O)(O)O. The molecular weight excluding hydrogens is 316 g/mol. The van der Waals surface area contributed by atoms with Crippen LogP contribution in [0.1, 0.15) is 39.2 Å². The fourth-order valence-electron chi connectivity index (χ4n) is 3.82. The minimum Gasteiger partial charge on any atom is -0.294 e. The highest BCUT2D eigenvalue weighted by molar-refractivity contribution is 7.79. The zero-order valence-electron chi connectivity index (χ0n) is 13.5. The molecule has 0 aliphatic heterocycles. The highest BCUT2D eigenvalue weighted by Crippen LogP contribution is 2.65. The fourth-order valence-corrected chi connectivity index (χ4v) is 3.82. The second-order valence-corrected chi connectivity index (χ2v) is 7.83. The fraction of sp³-hybridized carbons (Fsp3) is 0.471. The van der Waals surface area contributed by atoms with Crippen molar-refractivity contribution >= 4 is 22.3 Å². The summed E-state index contributed by atoms with van der Waals surface area (Å²) in [5.74, 6) is 0.822. The van der Waals surface area contributed by atoms with Crippen molar-refractivity contribution < 1.29 is 22.3 Å². The van der Waals surface area contributed by atoms with Crippen LogP contribution in [-0.2, 0) is 15.2 Å². The Kier molecular flexibility index (Phi) is 4.54. The first kappa shape index (κ1) is 17.8. The smallest absolute Gasteiger partial charge is 0.294 e. The van der Waals surface area contributed by atoms with Crippen molar-refractivity contribution in [1.29, 1.82) is 0 Å². The van der Waals surface area contributed by atoms with E-state index >= 15 is 0 Å². The van der Waals surface area contributed by atoms with Crippen LogP contribution in [0.4, 0.5) is 0 Å². The first-order valence-corrected chi connectivity index (χ1v) is 8.88. The second-order valence-electron chi connectivity index (χ2n) is 6.93. The van der Waals surface area contributed by atoms with Crippen LogP contribution in [0, 0.1) is 16.7 Å². The molecule has 2 saturated carbocycles. The van der Waals surface area contributed by atoms with Gasteiger partial charge >= 0.3 is 10.4 Å². The number of hydrogen-bond donors (Lipinski definition) is 2. The Bertz CT molecular complexity index is 726. The first-order chi connectivity index (χ1) is 10.5. The molecule has 0 aromatic heterocycles. The number of rotatable bonds is 1. The van der Waals surface area contributed by atoms with E-state index < -0.39 is 10.4 Å². The van der Waals surface area contributed by atoms with Gasteiger partial charge in [-0.2, -0.15) is 8.42 Å². The molecule has 2 unspecified atom stereocenters. The maximum Gasteiger partial charge on any atom is 0.394 e. The van der Waals surface area contributed by atoms with Gasteiger partial charge in [0.1, 0.15) is 0 Å². The van der Waals surface area contributed by atoms with Gasteiger partial charge in [0.05, 0.1) is 0 Å². The molecule has 0 amide bonds. The number of allylic oxidation sites excluding steroid dienone is 1. The third-order valence-corrected chi connectivity index (χ3v) is 5.49. The summed E-state index contributed by atoms with van der Waals surface area (Å²) in [6, 6.07) is 10.2. The average Bonchev–Trinajstić information content (AvgIpc) is 2.72. The zero-order chi connectivity index (χ0) is 17.5. The van der Waals surface area contributed by atoms with Gasteiger partial charge in [-0.3, -0.25) is 13.9 Å². The monoisotopic (exact) mass is 338 g/mol. The van der Waals surface area contributed by atoms with E-state index in [1.165, 1.54) is 0 Å². The quantitative estimate of drug-likeness (QED) is 0.604. The van der Waals surface area contributed by atoms with Gasteiger partial charge in [0.2, 0.25) is 0 Å². The number of Topliss-reactive ketones (excluding diaryl/α,β-unsaturated/α-hetero) is 1. The molecule has 2 N–H and O–H groups in total. The van der Waals surface area contributed by atoms with Crippen LogP contribution in [-0.4, -0.2) is 23.3 Å². The summed E-state index contributed by atoms with van der Waals surface area (Å²) in [5.41, 5.74) is 2.18. The Morgan fingerprint density at radius 2 is 1.65 bits per heavy atom. The molecule has 2 aliphatic carbocycles. The van der Waals surface area contributed by atoms with E-state index in [2.05, 4.69) is 39.0 Å². The Morgan fingerprint density at radius 1 is 1.13 bits per heavy atom. The highest BCUT2D eigenvalue weighted by Gasteiger charge is 2.63. The van der Waals surface area contributed by atoms with Gasteiger partial charge in [-0.15, -0.1) is 0 Å². The van der Waals surface area contributed by atoms with Gasteiger partial charge in [-0.05, 0) is 41.4 Å². The van der Waals surface area contributed by atoms with Crippen molar-refractivity contribution in [3.05, 3.63) is 41.5 Å². The lowest BCUT2D eigenvalue weighted by atomic mass is 9.70. The standard InChI is InChI=1S/C17H20O.H2O4S/c1-16(2)14-9-10-17(16,3)15(18)13(14)11-12-7-5-4-6-8-12;1-5(2,3)4/h4-8,11,14H,9-10H2,1-3H3;(H2,1,2,3,4). The predicted molar refractivity (Wildman–Crippen MR) is 88.2 cm³/mol. The Morgan fingerprint density at radius 3 is 2.09 bits per heavy atom. The Hall–Kier alpha value is -1.50. The Balaban J connectivity index is 0.000000338. The molecule has 3 rings (SSSR count). The van der Waals surface area contributed by atoms with E-state index in [1.807, 2.05) is 18.2 Å². The largest absolute Gasteiger partial charge is 0.394 e. The van der Waals surface area contributed by atoms with Crippen LogP contribution in [0.3, 0.4) is 0 Å². The molecule has 0 saturated heterocycles. The minimum atomic E-state index is -4.67. The lowest BCUT2D eigenvalue weighted by Gasteiger charge is -2.31. The highest BCUT2D eigenvalue weighted by atomic mass is 32.3. The second kappa shape index (κ2) is 5.85. The topological polar surface area (TPSA) is 91.7 Å². The van der Waals surface area contributed by atoms with Crippen molar-refractivity contribution in [3.8, 4) is 0 Å². The molecule has 126 valence electrons. The minimum absolute atomic E-state index is 0.116. The van der Waals surface area contributed by atoms with Crippen molar-refractivity contribution in [2.24, 2.45) is 16.7 Å². The molecule has 5 nitrogen and oxygen atoms in total. The van der Waals surface area contributed by atoms with Crippen molar-refractivity contribution in [2.75, 3.05) is 0 Å². The van der Waals surface area contributed by atoms with Gasteiger partial charge in [0.15, 0.2) is 5.78 Å². The van der Waals surface area contributed by atoms with E-state index in [4.69, 9.17) is 17.5 Å². The molecule has 23 heavy (non-hydrogen) atoms. The maximum absolute atomic E-state index is 12.6. The first-order valence-electron chi connectivity index (χ1n) is 7.48. The summed E-state index contributed by atoms with van der Waals surface area (Å²) in [6.07, 6.45) is 4.32. The van der Waals surface area contributed by atoms with Crippen LogP contribution in [0.15, 0.2) is 35.9 Å².